The van der Waals surface area contributed by atoms with Crippen LogP contribution < -0.4 is 0 Å². The summed E-state index contributed by atoms with van der Waals surface area (Å²) in [4.78, 5) is 14.4. The number of benzene rings is 1. The van der Waals surface area contributed by atoms with Gasteiger partial charge in [-0.1, -0.05) is 38.0 Å². The van der Waals surface area contributed by atoms with Crippen molar-refractivity contribution in [2.75, 3.05) is 6.61 Å². The number of hydrogen-bond donors (Lipinski definition) is 2. The molecular weight excluding hydrogens is 242 g/mol. The van der Waals surface area contributed by atoms with E-state index in [-0.39, 0.29) is 0 Å². The lowest BCUT2D eigenvalue weighted by atomic mass is 10.1. The van der Waals surface area contributed by atoms with Gasteiger partial charge in [0, 0.05) is 29.3 Å². The van der Waals surface area contributed by atoms with Crippen molar-refractivity contribution in [2.45, 2.75) is 32.3 Å². The lowest BCUT2D eigenvalue weighted by Gasteiger charge is -2.13. The summed E-state index contributed by atoms with van der Waals surface area (Å²) in [6.07, 6.45) is 3.87. The highest BCUT2D eigenvalue weighted by Gasteiger charge is 2.23. The normalized spacial score (nSPS) is 12.7. The summed E-state index contributed by atoms with van der Waals surface area (Å²) in [6, 6.07) is 7.65. The molecule has 102 valence electrons. The molecule has 4 heteroatoms. The third-order valence-electron chi connectivity index (χ3n) is 3.16. The number of aromatic amines is 1. The van der Waals surface area contributed by atoms with E-state index in [0.717, 1.165) is 30.2 Å². The van der Waals surface area contributed by atoms with Gasteiger partial charge in [-0.2, -0.15) is 0 Å². The first kappa shape index (κ1) is 13.6. The number of carbonyl (C=O) groups is 1. The second-order valence-electron chi connectivity index (χ2n) is 4.59. The van der Waals surface area contributed by atoms with E-state index in [2.05, 4.69) is 11.9 Å². The molecule has 0 aliphatic rings. The molecule has 0 radical (unpaired) electrons. The van der Waals surface area contributed by atoms with E-state index in [1.807, 2.05) is 24.3 Å². The fraction of sp³-hybridized carbons (Fsp3) is 0.400. The van der Waals surface area contributed by atoms with Crippen LogP contribution in [0.15, 0.2) is 30.5 Å². The molecule has 1 aromatic heterocycles. The van der Waals surface area contributed by atoms with Crippen LogP contribution in [0.4, 0.5) is 0 Å². The molecule has 0 spiro atoms. The monoisotopic (exact) mass is 261 g/mol. The second-order valence-corrected chi connectivity index (χ2v) is 4.59. The van der Waals surface area contributed by atoms with E-state index in [0.29, 0.717) is 12.2 Å². The summed E-state index contributed by atoms with van der Waals surface area (Å²) in [5.41, 5.74) is 1.63. The Balaban J connectivity index is 2.16. The number of carboxylic acids is 1. The fourth-order valence-electron chi connectivity index (χ4n) is 2.16. The number of aromatic nitrogens is 1. The van der Waals surface area contributed by atoms with Gasteiger partial charge in [-0.05, 0) is 12.5 Å². The maximum absolute atomic E-state index is 11.4. The van der Waals surface area contributed by atoms with Crippen LogP contribution in [-0.2, 0) is 9.53 Å². The Bertz CT molecular complexity index is 547. The molecule has 0 saturated carbocycles. The molecule has 0 aliphatic carbocycles. The zero-order valence-electron chi connectivity index (χ0n) is 11.1. The Hall–Kier alpha value is -1.81. The Morgan fingerprint density at radius 2 is 2.16 bits per heavy atom. The van der Waals surface area contributed by atoms with Gasteiger partial charge in [-0.25, -0.2) is 4.79 Å². The van der Waals surface area contributed by atoms with E-state index in [1.54, 1.807) is 6.20 Å². The predicted molar refractivity (Wildman–Crippen MR) is 74.2 cm³/mol. The molecule has 2 rings (SSSR count). The zero-order chi connectivity index (χ0) is 13.7. The second kappa shape index (κ2) is 6.38. The SMILES string of the molecule is CCCCCOC(C(=O)O)c1c[nH]c2ccccc12. The topological polar surface area (TPSA) is 62.3 Å². The van der Waals surface area contributed by atoms with Gasteiger partial charge in [-0.3, -0.25) is 0 Å². The highest BCUT2D eigenvalue weighted by Crippen LogP contribution is 2.27. The molecule has 4 nitrogen and oxygen atoms in total. The van der Waals surface area contributed by atoms with Gasteiger partial charge < -0.3 is 14.8 Å². The molecule has 0 amide bonds. The van der Waals surface area contributed by atoms with Crippen molar-refractivity contribution in [2.24, 2.45) is 0 Å². The molecule has 2 aromatic rings. The maximum Gasteiger partial charge on any atom is 0.337 e. The van der Waals surface area contributed by atoms with E-state index >= 15 is 0 Å². The van der Waals surface area contributed by atoms with Crippen molar-refractivity contribution in [3.8, 4) is 0 Å². The number of para-hydroxylation sites is 1. The van der Waals surface area contributed by atoms with Crippen LogP contribution in [0.25, 0.3) is 10.9 Å². The smallest absolute Gasteiger partial charge is 0.337 e. The number of carboxylic acid groups (broad SMARTS) is 1. The average molecular weight is 261 g/mol. The van der Waals surface area contributed by atoms with Gasteiger partial charge in [0.15, 0.2) is 6.10 Å². The Kier molecular flexibility index (Phi) is 4.58. The zero-order valence-corrected chi connectivity index (χ0v) is 11.1. The summed E-state index contributed by atoms with van der Waals surface area (Å²) in [5, 5.41) is 10.2. The first-order chi connectivity index (χ1) is 9.24. The number of unbranched alkanes of at least 4 members (excludes halogenated alkanes) is 2. The highest BCUT2D eigenvalue weighted by atomic mass is 16.5. The Morgan fingerprint density at radius 1 is 1.37 bits per heavy atom. The summed E-state index contributed by atoms with van der Waals surface area (Å²) in [5.74, 6) is -0.943. The maximum atomic E-state index is 11.4. The van der Waals surface area contributed by atoms with Gasteiger partial charge in [0.05, 0.1) is 0 Å². The van der Waals surface area contributed by atoms with Gasteiger partial charge >= 0.3 is 5.97 Å². The lowest BCUT2D eigenvalue weighted by Crippen LogP contribution is -2.15. The minimum Gasteiger partial charge on any atom is -0.479 e. The molecule has 0 bridgehead atoms. The summed E-state index contributed by atoms with van der Waals surface area (Å²) in [6.45, 7) is 2.58. The van der Waals surface area contributed by atoms with Crippen LogP contribution in [-0.4, -0.2) is 22.7 Å². The molecule has 1 atom stereocenters. The van der Waals surface area contributed by atoms with Crippen LogP contribution in [0.1, 0.15) is 37.9 Å². The van der Waals surface area contributed by atoms with Crippen molar-refractivity contribution >= 4 is 16.9 Å². The molecule has 2 N–H and O–H groups in total. The van der Waals surface area contributed by atoms with Gasteiger partial charge in [0.2, 0.25) is 0 Å². The average Bonchev–Trinajstić information content (AvgIpc) is 2.82. The first-order valence-corrected chi connectivity index (χ1v) is 6.64. The van der Waals surface area contributed by atoms with Crippen LogP contribution in [0, 0.1) is 0 Å². The van der Waals surface area contributed by atoms with Gasteiger partial charge in [0.25, 0.3) is 0 Å². The summed E-state index contributed by atoms with van der Waals surface area (Å²) >= 11 is 0. The standard InChI is InChI=1S/C15H19NO3/c1-2-3-6-9-19-14(15(17)18)12-10-16-13-8-5-4-7-11(12)13/h4-5,7-8,10,14,16H,2-3,6,9H2,1H3,(H,17,18). The van der Waals surface area contributed by atoms with Crippen molar-refractivity contribution < 1.29 is 14.6 Å². The molecule has 19 heavy (non-hydrogen) atoms. The van der Waals surface area contributed by atoms with Crippen LogP contribution in [0.2, 0.25) is 0 Å². The van der Waals surface area contributed by atoms with Crippen molar-refractivity contribution in [1.82, 2.24) is 4.98 Å². The van der Waals surface area contributed by atoms with Crippen molar-refractivity contribution in [3.05, 3.63) is 36.0 Å². The molecule has 1 aromatic carbocycles. The van der Waals surface area contributed by atoms with E-state index in [1.165, 1.54) is 0 Å². The molecule has 1 unspecified atom stereocenters. The largest absolute Gasteiger partial charge is 0.479 e. The fourth-order valence-corrected chi connectivity index (χ4v) is 2.16. The number of ether oxygens (including phenoxy) is 1. The number of aliphatic carboxylic acids is 1. The molecule has 0 aliphatic heterocycles. The summed E-state index contributed by atoms with van der Waals surface area (Å²) in [7, 11) is 0. The quantitative estimate of drug-likeness (QED) is 0.750. The van der Waals surface area contributed by atoms with Gasteiger partial charge in [-0.15, -0.1) is 0 Å². The van der Waals surface area contributed by atoms with Gasteiger partial charge in [0.1, 0.15) is 0 Å². The third kappa shape index (κ3) is 3.15. The van der Waals surface area contributed by atoms with Crippen LogP contribution >= 0.6 is 0 Å². The molecular formula is C15H19NO3. The molecule has 0 saturated heterocycles. The lowest BCUT2D eigenvalue weighted by molar-refractivity contribution is -0.150. The number of rotatable bonds is 7. The third-order valence-corrected chi connectivity index (χ3v) is 3.16. The van der Waals surface area contributed by atoms with Crippen molar-refractivity contribution in [1.29, 1.82) is 0 Å². The number of fused-ring (bicyclic) bond motifs is 1. The summed E-state index contributed by atoms with van der Waals surface area (Å²) < 4.78 is 5.54. The van der Waals surface area contributed by atoms with E-state index in [4.69, 9.17) is 4.74 Å². The first-order valence-electron chi connectivity index (χ1n) is 6.64. The Morgan fingerprint density at radius 3 is 2.89 bits per heavy atom. The van der Waals surface area contributed by atoms with E-state index < -0.39 is 12.1 Å². The molecule has 1 heterocycles. The number of H-pyrrole nitrogens is 1. The molecule has 0 fully saturated rings. The minimum atomic E-state index is -0.943. The van der Waals surface area contributed by atoms with E-state index in [9.17, 15) is 9.90 Å². The Labute approximate surface area is 112 Å². The number of nitrogens with one attached hydrogen (secondary N) is 1. The highest BCUT2D eigenvalue weighted by molar-refractivity contribution is 5.88. The number of hydrogen-bond acceptors (Lipinski definition) is 2. The minimum absolute atomic E-state index is 0.477. The van der Waals surface area contributed by atoms with Crippen LogP contribution in [0.3, 0.4) is 0 Å². The van der Waals surface area contributed by atoms with Crippen molar-refractivity contribution in [3.63, 3.8) is 0 Å². The predicted octanol–water partition coefficient (Wildman–Crippen LogP) is 3.50. The van der Waals surface area contributed by atoms with Crippen LogP contribution in [0.5, 0.6) is 0 Å².